The zero-order valence-electron chi connectivity index (χ0n) is 19.6. The number of primary amides is 1. The lowest BCUT2D eigenvalue weighted by Gasteiger charge is -2.33. The molecule has 1 aliphatic carbocycles. The number of methoxy groups -OCH3 is 2. The molecule has 1 fully saturated rings. The highest BCUT2D eigenvalue weighted by Crippen LogP contribution is 2.34. The minimum atomic E-state index is -0.813. The van der Waals surface area contributed by atoms with Gasteiger partial charge in [-0.2, -0.15) is 23.5 Å². The molecule has 1 aliphatic rings. The molecule has 0 aromatic carbocycles. The maximum atomic E-state index is 13.0. The number of carbonyl (C=O) groups excluding carboxylic acids is 5. The van der Waals surface area contributed by atoms with Crippen molar-refractivity contribution in [1.82, 2.24) is 10.6 Å². The normalized spacial score (nSPS) is 21.9. The second kappa shape index (κ2) is 15.0. The molecule has 12 heteroatoms. The van der Waals surface area contributed by atoms with Crippen LogP contribution in [0.1, 0.15) is 32.1 Å². The van der Waals surface area contributed by atoms with Gasteiger partial charge in [-0.05, 0) is 56.1 Å². The first-order valence-electron chi connectivity index (χ1n) is 10.7. The summed E-state index contributed by atoms with van der Waals surface area (Å²) in [7, 11) is 2.50. The molecule has 188 valence electrons. The Bertz CT molecular complexity index is 657. The molecular weight excluding hydrogens is 470 g/mol. The summed E-state index contributed by atoms with van der Waals surface area (Å²) < 4.78 is 9.56. The number of ether oxygens (including phenoxy) is 2. The van der Waals surface area contributed by atoms with E-state index in [0.29, 0.717) is 24.3 Å². The number of rotatable bonds is 13. The molecule has 5 atom stereocenters. The lowest BCUT2D eigenvalue weighted by molar-refractivity contribution is -0.147. The molecule has 0 aromatic rings. The van der Waals surface area contributed by atoms with E-state index in [1.54, 1.807) is 0 Å². The standard InChI is InChI=1S/C21H35N3O7S2/c1-30-20(28)15(5-7-32-3)23-18(26)13-9-12(17(22)25)10-14(11-13)19(27)24-16(6-8-33-4)21(29)31-2/h12-16H,5-11H2,1-4H3,(H2,22,25)(H,23,26)(H,24,27)/t12-,13+,14-,15-,16-/m0/s1. The Labute approximate surface area is 203 Å². The third kappa shape index (κ3) is 9.44. The van der Waals surface area contributed by atoms with Crippen molar-refractivity contribution in [3.05, 3.63) is 0 Å². The minimum absolute atomic E-state index is 0.175. The van der Waals surface area contributed by atoms with Gasteiger partial charge in [0.05, 0.1) is 14.2 Å². The quantitative estimate of drug-likeness (QED) is 0.300. The Morgan fingerprint density at radius 1 is 0.788 bits per heavy atom. The fourth-order valence-corrected chi connectivity index (χ4v) is 4.76. The van der Waals surface area contributed by atoms with Crippen LogP contribution in [0.25, 0.3) is 0 Å². The number of hydrogen-bond acceptors (Lipinski definition) is 9. The van der Waals surface area contributed by atoms with E-state index in [4.69, 9.17) is 15.2 Å². The molecule has 0 saturated heterocycles. The molecule has 33 heavy (non-hydrogen) atoms. The van der Waals surface area contributed by atoms with Gasteiger partial charge in [0.25, 0.3) is 0 Å². The summed E-state index contributed by atoms with van der Waals surface area (Å²) in [5, 5.41) is 5.40. The van der Waals surface area contributed by atoms with Crippen LogP contribution in [-0.4, -0.2) is 80.0 Å². The maximum Gasteiger partial charge on any atom is 0.328 e. The summed E-state index contributed by atoms with van der Waals surface area (Å²) in [5.74, 6) is -3.31. The van der Waals surface area contributed by atoms with Gasteiger partial charge in [-0.3, -0.25) is 14.4 Å². The lowest BCUT2D eigenvalue weighted by Crippen LogP contribution is -2.50. The molecule has 3 amide bonds. The first kappa shape index (κ1) is 29.1. The zero-order chi connectivity index (χ0) is 25.0. The van der Waals surface area contributed by atoms with Crippen molar-refractivity contribution in [3.63, 3.8) is 0 Å². The number of nitrogens with two attached hydrogens (primary N) is 1. The third-order valence-corrected chi connectivity index (χ3v) is 6.96. The van der Waals surface area contributed by atoms with Crippen molar-refractivity contribution < 1.29 is 33.4 Å². The van der Waals surface area contributed by atoms with Gasteiger partial charge in [-0.1, -0.05) is 0 Å². The van der Waals surface area contributed by atoms with Gasteiger partial charge in [-0.25, -0.2) is 9.59 Å². The molecule has 0 radical (unpaired) electrons. The van der Waals surface area contributed by atoms with Crippen LogP contribution in [0.5, 0.6) is 0 Å². The minimum Gasteiger partial charge on any atom is -0.467 e. The Morgan fingerprint density at radius 3 is 1.45 bits per heavy atom. The molecule has 0 unspecified atom stereocenters. The molecular formula is C21H35N3O7S2. The van der Waals surface area contributed by atoms with Crippen LogP contribution in [-0.2, 0) is 33.4 Å². The van der Waals surface area contributed by atoms with Crippen LogP contribution >= 0.6 is 23.5 Å². The van der Waals surface area contributed by atoms with E-state index in [0.717, 1.165) is 0 Å². The summed E-state index contributed by atoms with van der Waals surface area (Å²) in [5.41, 5.74) is 5.51. The molecule has 0 heterocycles. The first-order chi connectivity index (χ1) is 15.7. The van der Waals surface area contributed by atoms with Crippen LogP contribution in [0.2, 0.25) is 0 Å². The van der Waals surface area contributed by atoms with Crippen LogP contribution in [0.3, 0.4) is 0 Å². The molecule has 0 aromatic heterocycles. The summed E-state index contributed by atoms with van der Waals surface area (Å²) in [6.07, 6.45) is 5.12. The van der Waals surface area contributed by atoms with Crippen LogP contribution in [0, 0.1) is 17.8 Å². The summed E-state index contributed by atoms with van der Waals surface area (Å²) >= 11 is 3.06. The number of nitrogens with one attached hydrogen (secondary N) is 2. The molecule has 1 saturated carbocycles. The summed E-state index contributed by atoms with van der Waals surface area (Å²) in [6.45, 7) is 0. The Balaban J connectivity index is 2.95. The highest BCUT2D eigenvalue weighted by Gasteiger charge is 2.40. The van der Waals surface area contributed by atoms with Gasteiger partial charge in [-0.15, -0.1) is 0 Å². The number of esters is 2. The van der Waals surface area contributed by atoms with E-state index in [1.807, 2.05) is 12.5 Å². The Morgan fingerprint density at radius 2 is 1.15 bits per heavy atom. The van der Waals surface area contributed by atoms with Gasteiger partial charge in [0.15, 0.2) is 0 Å². The fraction of sp³-hybridized carbons (Fsp3) is 0.762. The summed E-state index contributed by atoms with van der Waals surface area (Å²) in [4.78, 5) is 62.0. The highest BCUT2D eigenvalue weighted by atomic mass is 32.2. The maximum absolute atomic E-state index is 13.0. The van der Waals surface area contributed by atoms with Crippen LogP contribution < -0.4 is 16.4 Å². The van der Waals surface area contributed by atoms with Crippen molar-refractivity contribution in [2.24, 2.45) is 23.5 Å². The third-order valence-electron chi connectivity index (χ3n) is 5.68. The number of amides is 3. The number of carbonyl (C=O) groups is 5. The van der Waals surface area contributed by atoms with Crippen molar-refractivity contribution >= 4 is 53.2 Å². The Kier molecular flexibility index (Phi) is 13.3. The van der Waals surface area contributed by atoms with Gasteiger partial charge in [0.2, 0.25) is 17.7 Å². The van der Waals surface area contributed by atoms with Crippen molar-refractivity contribution in [2.75, 3.05) is 38.2 Å². The van der Waals surface area contributed by atoms with Gasteiger partial charge >= 0.3 is 11.9 Å². The summed E-state index contributed by atoms with van der Waals surface area (Å²) in [6, 6.07) is -1.63. The van der Waals surface area contributed by atoms with Crippen molar-refractivity contribution in [3.8, 4) is 0 Å². The van der Waals surface area contributed by atoms with E-state index in [1.165, 1.54) is 37.7 Å². The predicted octanol–water partition coefficient (Wildman–Crippen LogP) is 0.326. The second-order valence-electron chi connectivity index (χ2n) is 7.93. The average Bonchev–Trinajstić information content (AvgIpc) is 2.82. The number of hydrogen-bond donors (Lipinski definition) is 3. The SMILES string of the molecule is COC(=O)[C@H](CCSC)NC(=O)[C@@H]1C[C@H](C(N)=O)C[C@H](C(=O)N[C@@H](CCSC)C(=O)OC)C1. The Hall–Kier alpha value is -1.95. The monoisotopic (exact) mass is 505 g/mol. The molecule has 10 nitrogen and oxygen atoms in total. The van der Waals surface area contributed by atoms with E-state index in [2.05, 4.69) is 10.6 Å². The lowest BCUT2D eigenvalue weighted by atomic mass is 9.74. The van der Waals surface area contributed by atoms with Gasteiger partial charge in [0.1, 0.15) is 12.1 Å². The molecule has 1 rings (SSSR count). The zero-order valence-corrected chi connectivity index (χ0v) is 21.2. The number of thioether (sulfide) groups is 2. The predicted molar refractivity (Wildman–Crippen MR) is 127 cm³/mol. The van der Waals surface area contributed by atoms with E-state index < -0.39 is 59.5 Å². The van der Waals surface area contributed by atoms with Crippen LogP contribution in [0.4, 0.5) is 0 Å². The van der Waals surface area contributed by atoms with E-state index in [9.17, 15) is 24.0 Å². The van der Waals surface area contributed by atoms with E-state index >= 15 is 0 Å². The highest BCUT2D eigenvalue weighted by molar-refractivity contribution is 7.98. The fourth-order valence-electron chi connectivity index (χ4n) is 3.81. The molecule has 0 spiro atoms. The van der Waals surface area contributed by atoms with E-state index in [-0.39, 0.29) is 19.3 Å². The molecule has 0 aliphatic heterocycles. The smallest absolute Gasteiger partial charge is 0.328 e. The molecule has 4 N–H and O–H groups in total. The van der Waals surface area contributed by atoms with Gasteiger partial charge < -0.3 is 25.8 Å². The largest absolute Gasteiger partial charge is 0.467 e. The van der Waals surface area contributed by atoms with Crippen molar-refractivity contribution in [1.29, 1.82) is 0 Å². The van der Waals surface area contributed by atoms with Crippen molar-refractivity contribution in [2.45, 2.75) is 44.2 Å². The van der Waals surface area contributed by atoms with Gasteiger partial charge in [0, 0.05) is 17.8 Å². The van der Waals surface area contributed by atoms with Crippen LogP contribution in [0.15, 0.2) is 0 Å². The topological polar surface area (TPSA) is 154 Å². The average molecular weight is 506 g/mol. The second-order valence-corrected chi connectivity index (χ2v) is 9.90. The first-order valence-corrected chi connectivity index (χ1v) is 13.5. The molecule has 0 bridgehead atoms.